The van der Waals surface area contributed by atoms with Gasteiger partial charge in [0.05, 0.1) is 14.2 Å². The minimum Gasteiger partial charge on any atom is -0.497 e. The molecule has 0 spiro atoms. The van der Waals surface area contributed by atoms with Crippen LogP contribution in [0.15, 0.2) is 30.3 Å². The maximum Gasteiger partial charge on any atom is 0.320 e. The number of benzene rings is 2. The number of methoxy groups -OCH3 is 2. The zero-order chi connectivity index (χ0) is 19.7. The molecule has 2 aliphatic rings. The number of carbonyl (C=O) groups is 1. The van der Waals surface area contributed by atoms with Gasteiger partial charge in [0.15, 0.2) is 11.5 Å². The first-order valence-corrected chi connectivity index (χ1v) is 9.02. The van der Waals surface area contributed by atoms with E-state index < -0.39 is 0 Å². The largest absolute Gasteiger partial charge is 0.497 e. The maximum absolute atomic E-state index is 12.7. The van der Waals surface area contributed by atoms with Crippen LogP contribution in [0.2, 0.25) is 0 Å². The summed E-state index contributed by atoms with van der Waals surface area (Å²) in [4.78, 5) is 14.8. The summed E-state index contributed by atoms with van der Waals surface area (Å²) in [5.41, 5.74) is 2.61. The standard InChI is InChI=1S/C20H23N3O5/c1-23-8-7-12-9-15-17(28-11-27-15)18(26-3)16(12)19(23)22-20(24)21-13-5-4-6-14(10-13)25-2/h4-6,9-10,19H,7-8,11H2,1-3H3,(H2,21,22,24)/t19-/m0/s1. The van der Waals surface area contributed by atoms with Crippen LogP contribution in [0, 0.1) is 0 Å². The third kappa shape index (κ3) is 3.27. The van der Waals surface area contributed by atoms with Gasteiger partial charge in [-0.3, -0.25) is 4.90 Å². The van der Waals surface area contributed by atoms with Crippen LogP contribution in [-0.2, 0) is 6.42 Å². The predicted octanol–water partition coefficient (Wildman–Crippen LogP) is 2.74. The second-order valence-electron chi connectivity index (χ2n) is 6.68. The second-order valence-corrected chi connectivity index (χ2v) is 6.68. The molecule has 0 bridgehead atoms. The maximum atomic E-state index is 12.7. The summed E-state index contributed by atoms with van der Waals surface area (Å²) in [6, 6.07) is 8.86. The molecule has 0 unspecified atom stereocenters. The third-order valence-corrected chi connectivity index (χ3v) is 4.99. The van der Waals surface area contributed by atoms with Crippen molar-refractivity contribution in [3.8, 4) is 23.0 Å². The SMILES string of the molecule is COc1cccc(NC(=O)N[C@@H]2c3c(cc4c(c3OC)OCO4)CCN2C)c1. The van der Waals surface area contributed by atoms with Gasteiger partial charge >= 0.3 is 6.03 Å². The quantitative estimate of drug-likeness (QED) is 0.842. The fraction of sp³-hybridized carbons (Fsp3) is 0.350. The molecular formula is C20H23N3O5. The summed E-state index contributed by atoms with van der Waals surface area (Å²) in [6.45, 7) is 0.957. The van der Waals surface area contributed by atoms with E-state index in [0.717, 1.165) is 24.1 Å². The van der Waals surface area contributed by atoms with Gasteiger partial charge < -0.3 is 29.6 Å². The average Bonchev–Trinajstić information content (AvgIpc) is 3.17. The van der Waals surface area contributed by atoms with Crippen molar-refractivity contribution in [1.29, 1.82) is 0 Å². The number of nitrogens with zero attached hydrogens (tertiary/aromatic N) is 1. The number of nitrogens with one attached hydrogen (secondary N) is 2. The van der Waals surface area contributed by atoms with Crippen LogP contribution < -0.4 is 29.6 Å². The van der Waals surface area contributed by atoms with Gasteiger partial charge in [-0.15, -0.1) is 0 Å². The molecule has 2 N–H and O–H groups in total. The van der Waals surface area contributed by atoms with E-state index in [1.807, 2.05) is 25.2 Å². The van der Waals surface area contributed by atoms with E-state index in [4.69, 9.17) is 18.9 Å². The van der Waals surface area contributed by atoms with Gasteiger partial charge in [-0.05, 0) is 37.2 Å². The van der Waals surface area contributed by atoms with Gasteiger partial charge in [-0.25, -0.2) is 4.79 Å². The fourth-order valence-corrected chi connectivity index (χ4v) is 3.61. The Balaban J connectivity index is 1.61. The van der Waals surface area contributed by atoms with Crippen molar-refractivity contribution < 1.29 is 23.7 Å². The molecule has 0 fully saturated rings. The normalized spacial score (nSPS) is 17.6. The van der Waals surface area contributed by atoms with Crippen LogP contribution in [0.25, 0.3) is 0 Å². The molecule has 28 heavy (non-hydrogen) atoms. The highest BCUT2D eigenvalue weighted by atomic mass is 16.7. The Morgan fingerprint density at radius 2 is 2.07 bits per heavy atom. The fourth-order valence-electron chi connectivity index (χ4n) is 3.61. The van der Waals surface area contributed by atoms with Gasteiger partial charge in [-0.2, -0.15) is 0 Å². The first kappa shape index (κ1) is 18.2. The molecule has 4 rings (SSSR count). The average molecular weight is 385 g/mol. The highest BCUT2D eigenvalue weighted by Crippen LogP contribution is 2.48. The van der Waals surface area contributed by atoms with Gasteiger partial charge in [0.25, 0.3) is 0 Å². The molecule has 2 aliphatic heterocycles. The number of amides is 2. The van der Waals surface area contributed by atoms with Gasteiger partial charge in [-0.1, -0.05) is 6.07 Å². The molecule has 2 amide bonds. The van der Waals surface area contributed by atoms with Gasteiger partial charge in [0.2, 0.25) is 12.5 Å². The Morgan fingerprint density at radius 1 is 1.21 bits per heavy atom. The Kier molecular flexibility index (Phi) is 4.87. The smallest absolute Gasteiger partial charge is 0.320 e. The highest BCUT2D eigenvalue weighted by Gasteiger charge is 2.34. The van der Waals surface area contributed by atoms with Crippen molar-refractivity contribution in [2.45, 2.75) is 12.6 Å². The van der Waals surface area contributed by atoms with Crippen LogP contribution in [0.4, 0.5) is 10.5 Å². The van der Waals surface area contributed by atoms with Crippen molar-refractivity contribution in [1.82, 2.24) is 10.2 Å². The molecule has 8 nitrogen and oxygen atoms in total. The van der Waals surface area contributed by atoms with Crippen molar-refractivity contribution in [3.05, 3.63) is 41.5 Å². The molecule has 0 aromatic heterocycles. The zero-order valence-corrected chi connectivity index (χ0v) is 16.1. The Bertz CT molecular complexity index is 902. The number of fused-ring (bicyclic) bond motifs is 2. The summed E-state index contributed by atoms with van der Waals surface area (Å²) in [6.07, 6.45) is 0.466. The summed E-state index contributed by atoms with van der Waals surface area (Å²) in [7, 11) is 5.15. The van der Waals surface area contributed by atoms with E-state index in [2.05, 4.69) is 15.5 Å². The van der Waals surface area contributed by atoms with Gasteiger partial charge in [0, 0.05) is 23.9 Å². The zero-order valence-electron chi connectivity index (χ0n) is 16.1. The lowest BCUT2D eigenvalue weighted by Gasteiger charge is -2.36. The Hall–Kier alpha value is -3.13. The van der Waals surface area contributed by atoms with E-state index in [1.165, 1.54) is 0 Å². The number of hydrogen-bond acceptors (Lipinski definition) is 6. The molecule has 2 aromatic rings. The molecule has 1 atom stereocenters. The van der Waals surface area contributed by atoms with E-state index in [1.54, 1.807) is 26.4 Å². The molecule has 0 saturated carbocycles. The molecular weight excluding hydrogens is 362 g/mol. The number of ether oxygens (including phenoxy) is 4. The lowest BCUT2D eigenvalue weighted by atomic mass is 9.95. The number of carbonyl (C=O) groups excluding carboxylic acids is 1. The summed E-state index contributed by atoms with van der Waals surface area (Å²) >= 11 is 0. The van der Waals surface area contributed by atoms with Crippen LogP contribution in [0.1, 0.15) is 17.3 Å². The predicted molar refractivity (Wildman–Crippen MR) is 103 cm³/mol. The summed E-state index contributed by atoms with van der Waals surface area (Å²) in [5, 5.41) is 5.89. The van der Waals surface area contributed by atoms with E-state index in [0.29, 0.717) is 28.7 Å². The van der Waals surface area contributed by atoms with Crippen LogP contribution >= 0.6 is 0 Å². The van der Waals surface area contributed by atoms with E-state index in [-0.39, 0.29) is 19.0 Å². The van der Waals surface area contributed by atoms with Crippen LogP contribution in [0.5, 0.6) is 23.0 Å². The highest BCUT2D eigenvalue weighted by molar-refractivity contribution is 5.89. The van der Waals surface area contributed by atoms with Gasteiger partial charge in [0.1, 0.15) is 11.9 Å². The Morgan fingerprint density at radius 3 is 2.86 bits per heavy atom. The summed E-state index contributed by atoms with van der Waals surface area (Å²) < 4.78 is 22.0. The number of likely N-dealkylation sites (N-methyl/N-ethyl adjacent to an activating group) is 1. The van der Waals surface area contributed by atoms with Crippen LogP contribution in [0.3, 0.4) is 0 Å². The third-order valence-electron chi connectivity index (χ3n) is 4.99. The number of hydrogen-bond donors (Lipinski definition) is 2. The van der Waals surface area contributed by atoms with Crippen molar-refractivity contribution in [2.24, 2.45) is 0 Å². The first-order chi connectivity index (χ1) is 13.6. The lowest BCUT2D eigenvalue weighted by Crippen LogP contribution is -2.45. The number of anilines is 1. The van der Waals surface area contributed by atoms with Crippen molar-refractivity contribution in [2.75, 3.05) is 39.9 Å². The topological polar surface area (TPSA) is 81.3 Å². The number of urea groups is 1. The molecule has 148 valence electrons. The van der Waals surface area contributed by atoms with Crippen molar-refractivity contribution in [3.63, 3.8) is 0 Å². The second kappa shape index (κ2) is 7.47. The minimum absolute atomic E-state index is 0.166. The minimum atomic E-state index is -0.362. The molecule has 8 heteroatoms. The van der Waals surface area contributed by atoms with Crippen molar-refractivity contribution >= 4 is 11.7 Å². The lowest BCUT2D eigenvalue weighted by molar-refractivity contribution is 0.169. The monoisotopic (exact) mass is 385 g/mol. The molecule has 0 aliphatic carbocycles. The number of rotatable bonds is 4. The Labute approximate surface area is 163 Å². The molecule has 0 radical (unpaired) electrons. The molecule has 0 saturated heterocycles. The van der Waals surface area contributed by atoms with E-state index in [9.17, 15) is 4.79 Å². The van der Waals surface area contributed by atoms with Crippen LogP contribution in [-0.4, -0.2) is 45.5 Å². The first-order valence-electron chi connectivity index (χ1n) is 9.02. The summed E-state index contributed by atoms with van der Waals surface area (Å²) in [5.74, 6) is 2.53. The molecule has 2 heterocycles. The molecule has 2 aromatic carbocycles. The van der Waals surface area contributed by atoms with E-state index >= 15 is 0 Å².